The molecule has 9 heteroatoms. The van der Waals surface area contributed by atoms with Gasteiger partial charge in [0.2, 0.25) is 10.0 Å². The van der Waals surface area contributed by atoms with E-state index in [0.29, 0.717) is 28.9 Å². The Bertz CT molecular complexity index is 928. The van der Waals surface area contributed by atoms with Crippen molar-refractivity contribution in [3.8, 4) is 5.75 Å². The lowest BCUT2D eigenvalue weighted by Crippen LogP contribution is -2.51. The second-order valence-corrected chi connectivity index (χ2v) is 8.74. The molecule has 0 aliphatic carbocycles. The second kappa shape index (κ2) is 8.48. The van der Waals surface area contributed by atoms with Crippen LogP contribution in [0, 0.1) is 0 Å². The molecule has 2 aromatic carbocycles. The third kappa shape index (κ3) is 4.73. The number of para-hydroxylation sites is 1. The van der Waals surface area contributed by atoms with Crippen molar-refractivity contribution in [2.24, 2.45) is 0 Å². The summed E-state index contributed by atoms with van der Waals surface area (Å²) in [6.07, 6.45) is 0. The molecule has 1 aliphatic rings. The number of halogens is 2. The fourth-order valence-corrected chi connectivity index (χ4v) is 4.66. The van der Waals surface area contributed by atoms with Crippen LogP contribution in [0.5, 0.6) is 5.75 Å². The Labute approximate surface area is 168 Å². The summed E-state index contributed by atoms with van der Waals surface area (Å²) in [6.45, 7) is 0.874. The number of nitrogens with zero attached hydrogens (tertiary/aromatic N) is 2. The van der Waals surface area contributed by atoms with Gasteiger partial charge in [0.25, 0.3) is 5.91 Å². The minimum atomic E-state index is -3.63. The molecule has 1 fully saturated rings. The first-order valence-electron chi connectivity index (χ1n) is 8.29. The van der Waals surface area contributed by atoms with Gasteiger partial charge in [0.1, 0.15) is 5.75 Å². The van der Waals surface area contributed by atoms with Crippen LogP contribution in [0.15, 0.2) is 53.4 Å². The Hall–Kier alpha value is -1.80. The quantitative estimate of drug-likeness (QED) is 0.733. The molecule has 0 N–H and O–H groups in total. The maximum Gasteiger partial charge on any atom is 0.260 e. The number of ether oxygens (including phenoxy) is 1. The van der Waals surface area contributed by atoms with E-state index < -0.39 is 10.0 Å². The summed E-state index contributed by atoms with van der Waals surface area (Å²) < 4.78 is 32.2. The lowest BCUT2D eigenvalue weighted by molar-refractivity contribution is -0.134. The number of hydrogen-bond acceptors (Lipinski definition) is 4. The van der Waals surface area contributed by atoms with Crippen LogP contribution in [0.2, 0.25) is 10.0 Å². The summed E-state index contributed by atoms with van der Waals surface area (Å²) in [5.74, 6) is 0.226. The van der Waals surface area contributed by atoms with Gasteiger partial charge in [-0.15, -0.1) is 0 Å². The Morgan fingerprint density at radius 3 is 2.37 bits per heavy atom. The van der Waals surface area contributed by atoms with Crippen LogP contribution >= 0.6 is 23.2 Å². The SMILES string of the molecule is O=C(COc1ccccc1Cl)N1CCN(S(=O)(=O)c2cccc(Cl)c2)CC1. The van der Waals surface area contributed by atoms with Crippen LogP contribution in [0.4, 0.5) is 0 Å². The molecule has 0 unspecified atom stereocenters. The zero-order valence-corrected chi connectivity index (χ0v) is 16.7. The Balaban J connectivity index is 1.57. The molecule has 0 bridgehead atoms. The van der Waals surface area contributed by atoms with Crippen LogP contribution < -0.4 is 4.74 Å². The molecule has 0 aromatic heterocycles. The zero-order chi connectivity index (χ0) is 19.4. The van der Waals surface area contributed by atoms with E-state index in [2.05, 4.69) is 0 Å². The van der Waals surface area contributed by atoms with Crippen molar-refractivity contribution >= 4 is 39.1 Å². The molecule has 0 saturated carbocycles. The smallest absolute Gasteiger partial charge is 0.260 e. The topological polar surface area (TPSA) is 66.9 Å². The van der Waals surface area contributed by atoms with Gasteiger partial charge in [-0.25, -0.2) is 8.42 Å². The van der Waals surface area contributed by atoms with Gasteiger partial charge in [0.05, 0.1) is 9.92 Å². The fourth-order valence-electron chi connectivity index (χ4n) is 2.75. The van der Waals surface area contributed by atoms with E-state index in [1.54, 1.807) is 41.3 Å². The summed E-state index contributed by atoms with van der Waals surface area (Å²) >= 11 is 11.9. The molecule has 27 heavy (non-hydrogen) atoms. The average Bonchev–Trinajstić information content (AvgIpc) is 2.67. The van der Waals surface area contributed by atoms with Crippen molar-refractivity contribution in [3.05, 3.63) is 58.6 Å². The highest BCUT2D eigenvalue weighted by Crippen LogP contribution is 2.23. The number of amides is 1. The van der Waals surface area contributed by atoms with Gasteiger partial charge in [-0.2, -0.15) is 4.31 Å². The molecule has 1 aliphatic heterocycles. The summed E-state index contributed by atoms with van der Waals surface area (Å²) in [4.78, 5) is 14.1. The van der Waals surface area contributed by atoms with E-state index in [0.717, 1.165) is 0 Å². The summed E-state index contributed by atoms with van der Waals surface area (Å²) in [6, 6.07) is 13.1. The van der Waals surface area contributed by atoms with E-state index in [9.17, 15) is 13.2 Å². The fraction of sp³-hybridized carbons (Fsp3) is 0.278. The molecular weight excluding hydrogens is 411 g/mol. The molecular formula is C18H18Cl2N2O4S. The molecule has 144 valence electrons. The predicted molar refractivity (Wildman–Crippen MR) is 104 cm³/mol. The van der Waals surface area contributed by atoms with Crippen molar-refractivity contribution in [2.45, 2.75) is 4.90 Å². The lowest BCUT2D eigenvalue weighted by Gasteiger charge is -2.34. The summed E-state index contributed by atoms with van der Waals surface area (Å²) in [7, 11) is -3.63. The van der Waals surface area contributed by atoms with Crippen molar-refractivity contribution < 1.29 is 17.9 Å². The van der Waals surface area contributed by atoms with Crippen LogP contribution in [-0.4, -0.2) is 56.3 Å². The highest BCUT2D eigenvalue weighted by Gasteiger charge is 2.30. The molecule has 2 aromatic rings. The van der Waals surface area contributed by atoms with E-state index in [4.69, 9.17) is 27.9 Å². The molecule has 6 nitrogen and oxygen atoms in total. The molecule has 0 spiro atoms. The largest absolute Gasteiger partial charge is 0.482 e. The first kappa shape index (κ1) is 19.9. The van der Waals surface area contributed by atoms with Crippen molar-refractivity contribution in [3.63, 3.8) is 0 Å². The molecule has 0 radical (unpaired) electrons. The van der Waals surface area contributed by atoms with E-state index >= 15 is 0 Å². The van der Waals surface area contributed by atoms with Gasteiger partial charge in [0, 0.05) is 31.2 Å². The van der Waals surface area contributed by atoms with Gasteiger partial charge >= 0.3 is 0 Å². The van der Waals surface area contributed by atoms with Crippen LogP contribution in [0.25, 0.3) is 0 Å². The first-order chi connectivity index (χ1) is 12.9. The minimum Gasteiger partial charge on any atom is -0.482 e. The van der Waals surface area contributed by atoms with Gasteiger partial charge in [0.15, 0.2) is 6.61 Å². The zero-order valence-electron chi connectivity index (χ0n) is 14.3. The maximum atomic E-state index is 12.7. The van der Waals surface area contributed by atoms with Gasteiger partial charge in [-0.1, -0.05) is 41.4 Å². The third-order valence-corrected chi connectivity index (χ3v) is 6.65. The Morgan fingerprint density at radius 1 is 1.00 bits per heavy atom. The number of hydrogen-bond donors (Lipinski definition) is 0. The Morgan fingerprint density at radius 2 is 1.70 bits per heavy atom. The molecule has 1 heterocycles. The van der Waals surface area contributed by atoms with E-state index in [1.165, 1.54) is 16.4 Å². The second-order valence-electron chi connectivity index (χ2n) is 5.96. The van der Waals surface area contributed by atoms with Gasteiger partial charge in [-0.3, -0.25) is 4.79 Å². The van der Waals surface area contributed by atoms with Crippen LogP contribution in [-0.2, 0) is 14.8 Å². The first-order valence-corrected chi connectivity index (χ1v) is 10.5. The van der Waals surface area contributed by atoms with Crippen molar-refractivity contribution in [2.75, 3.05) is 32.8 Å². The number of sulfonamides is 1. The number of rotatable bonds is 5. The lowest BCUT2D eigenvalue weighted by atomic mass is 10.3. The van der Waals surface area contributed by atoms with Crippen molar-refractivity contribution in [1.29, 1.82) is 0 Å². The highest BCUT2D eigenvalue weighted by molar-refractivity contribution is 7.89. The summed E-state index contributed by atoms with van der Waals surface area (Å²) in [5.41, 5.74) is 0. The molecule has 1 amide bonds. The van der Waals surface area contributed by atoms with E-state index in [1.807, 2.05) is 0 Å². The normalized spacial score (nSPS) is 15.6. The standard InChI is InChI=1S/C18H18Cl2N2O4S/c19-14-4-3-5-15(12-14)27(24,25)22-10-8-21(9-11-22)18(23)13-26-17-7-2-1-6-16(17)20/h1-7,12H,8-11,13H2. The van der Waals surface area contributed by atoms with E-state index in [-0.39, 0.29) is 30.5 Å². The molecule has 1 saturated heterocycles. The Kier molecular flexibility index (Phi) is 6.26. The number of piperazine rings is 1. The molecule has 0 atom stereocenters. The summed E-state index contributed by atoms with van der Waals surface area (Å²) in [5, 5.41) is 0.796. The maximum absolute atomic E-state index is 12.7. The monoisotopic (exact) mass is 428 g/mol. The molecule has 3 rings (SSSR count). The van der Waals surface area contributed by atoms with Crippen LogP contribution in [0.1, 0.15) is 0 Å². The number of carbonyl (C=O) groups is 1. The van der Waals surface area contributed by atoms with Gasteiger partial charge in [-0.05, 0) is 30.3 Å². The third-order valence-electron chi connectivity index (χ3n) is 4.21. The average molecular weight is 429 g/mol. The highest BCUT2D eigenvalue weighted by atomic mass is 35.5. The van der Waals surface area contributed by atoms with Crippen LogP contribution in [0.3, 0.4) is 0 Å². The predicted octanol–water partition coefficient (Wildman–Crippen LogP) is 2.91. The van der Waals surface area contributed by atoms with Gasteiger partial charge < -0.3 is 9.64 Å². The van der Waals surface area contributed by atoms with Crippen molar-refractivity contribution in [1.82, 2.24) is 9.21 Å². The number of carbonyl (C=O) groups excluding carboxylic acids is 1. The minimum absolute atomic E-state index is 0.148. The number of benzene rings is 2.